The zero-order valence-corrected chi connectivity index (χ0v) is 16.6. The average Bonchev–Trinajstić information content (AvgIpc) is 2.66. The van der Waals surface area contributed by atoms with Crippen LogP contribution in [0.2, 0.25) is 0 Å². The quantitative estimate of drug-likeness (QED) is 0.652. The van der Waals surface area contributed by atoms with Crippen molar-refractivity contribution >= 4 is 11.7 Å². The maximum atomic E-state index is 12.1. The monoisotopic (exact) mass is 367 g/mol. The molecule has 0 aliphatic carbocycles. The Bertz CT molecular complexity index is 748. The fourth-order valence-corrected chi connectivity index (χ4v) is 2.87. The van der Waals surface area contributed by atoms with Gasteiger partial charge in [-0.1, -0.05) is 45.0 Å². The molecule has 0 spiro atoms. The van der Waals surface area contributed by atoms with Gasteiger partial charge in [-0.2, -0.15) is 0 Å². The highest BCUT2D eigenvalue weighted by atomic mass is 16.5. The van der Waals surface area contributed by atoms with Gasteiger partial charge in [0.2, 0.25) is 0 Å². The van der Waals surface area contributed by atoms with Crippen LogP contribution >= 0.6 is 0 Å². The second-order valence-corrected chi connectivity index (χ2v) is 7.22. The summed E-state index contributed by atoms with van der Waals surface area (Å²) in [5.41, 5.74) is 3.03. The summed E-state index contributed by atoms with van der Waals surface area (Å²) < 4.78 is 5.51. The van der Waals surface area contributed by atoms with E-state index in [0.717, 1.165) is 12.0 Å². The second kappa shape index (κ2) is 9.91. The molecule has 144 valence electrons. The Hall–Kier alpha value is -2.62. The lowest BCUT2D eigenvalue weighted by Crippen LogP contribution is -2.31. The summed E-state index contributed by atoms with van der Waals surface area (Å²) in [5.74, 6) is 1.11. The van der Waals surface area contributed by atoms with Crippen molar-refractivity contribution < 1.29 is 14.3 Å². The van der Waals surface area contributed by atoms with Gasteiger partial charge in [-0.15, -0.1) is 0 Å². The summed E-state index contributed by atoms with van der Waals surface area (Å²) in [6, 6.07) is 15.2. The Morgan fingerprint density at radius 3 is 2.15 bits per heavy atom. The van der Waals surface area contributed by atoms with Crippen molar-refractivity contribution in [2.75, 3.05) is 6.61 Å². The highest BCUT2D eigenvalue weighted by Gasteiger charge is 2.11. The van der Waals surface area contributed by atoms with Gasteiger partial charge in [0.1, 0.15) is 5.75 Å². The summed E-state index contributed by atoms with van der Waals surface area (Å²) in [7, 11) is 0. The molecule has 0 saturated carbocycles. The normalized spacial score (nSPS) is 11.9. The van der Waals surface area contributed by atoms with Crippen LogP contribution in [0.25, 0.3) is 0 Å². The van der Waals surface area contributed by atoms with Gasteiger partial charge in [-0.3, -0.25) is 9.59 Å². The molecule has 0 unspecified atom stereocenters. The fraction of sp³-hybridized carbons (Fsp3) is 0.391. The predicted octanol–water partition coefficient (Wildman–Crippen LogP) is 4.73. The number of carbonyl (C=O) groups is 2. The molecule has 0 radical (unpaired) electrons. The van der Waals surface area contributed by atoms with E-state index in [0.29, 0.717) is 23.7 Å². The molecule has 1 amide bonds. The highest BCUT2D eigenvalue weighted by molar-refractivity contribution is 5.95. The Morgan fingerprint density at radius 2 is 1.59 bits per heavy atom. The Balaban J connectivity index is 1.83. The van der Waals surface area contributed by atoms with Crippen molar-refractivity contribution in [3.8, 4) is 5.75 Å². The maximum absolute atomic E-state index is 12.1. The van der Waals surface area contributed by atoms with Gasteiger partial charge in [0, 0.05) is 12.0 Å². The molecule has 0 fully saturated rings. The summed E-state index contributed by atoms with van der Waals surface area (Å²) in [5, 5.41) is 2.95. The topological polar surface area (TPSA) is 55.4 Å². The van der Waals surface area contributed by atoms with E-state index in [1.807, 2.05) is 13.8 Å². The molecule has 0 heterocycles. The molecule has 27 heavy (non-hydrogen) atoms. The molecule has 4 heteroatoms. The molecule has 4 nitrogen and oxygen atoms in total. The lowest BCUT2D eigenvalue weighted by Gasteiger charge is -2.15. The largest absolute Gasteiger partial charge is 0.484 e. The first kappa shape index (κ1) is 20.7. The van der Waals surface area contributed by atoms with Crippen molar-refractivity contribution in [3.05, 3.63) is 65.2 Å². The Labute approximate surface area is 161 Å². The number of nitrogens with one attached hydrogen (secondary N) is 1. The van der Waals surface area contributed by atoms with E-state index in [9.17, 15) is 9.59 Å². The van der Waals surface area contributed by atoms with Gasteiger partial charge in [-0.25, -0.2) is 0 Å². The number of ether oxygens (including phenoxy) is 1. The van der Waals surface area contributed by atoms with Gasteiger partial charge < -0.3 is 10.1 Å². The number of Topliss-reactive ketones (excluding diaryl/α,β-unsaturated/α-hetero) is 1. The van der Waals surface area contributed by atoms with Crippen LogP contribution in [0.15, 0.2) is 48.5 Å². The summed E-state index contributed by atoms with van der Waals surface area (Å²) >= 11 is 0. The number of amides is 1. The molecular formula is C23H29NO3. The number of ketones is 1. The molecule has 0 aliphatic heterocycles. The molecule has 0 saturated heterocycles. The van der Waals surface area contributed by atoms with Gasteiger partial charge in [0.05, 0.1) is 6.04 Å². The number of hydrogen-bond donors (Lipinski definition) is 1. The third-order valence-electron chi connectivity index (χ3n) is 4.37. The first-order valence-corrected chi connectivity index (χ1v) is 9.53. The first-order chi connectivity index (χ1) is 12.9. The Morgan fingerprint density at radius 1 is 0.963 bits per heavy atom. The van der Waals surface area contributed by atoms with Crippen molar-refractivity contribution in [1.82, 2.24) is 5.32 Å². The highest BCUT2D eigenvalue weighted by Crippen LogP contribution is 2.16. The zero-order chi connectivity index (χ0) is 19.8. The number of benzene rings is 2. The summed E-state index contributed by atoms with van der Waals surface area (Å²) in [6.07, 6.45) is 1.52. The van der Waals surface area contributed by atoms with Gasteiger partial charge in [0.15, 0.2) is 12.4 Å². The Kier molecular flexibility index (Phi) is 7.59. The van der Waals surface area contributed by atoms with Crippen LogP contribution in [0, 0.1) is 5.92 Å². The molecule has 0 aliphatic rings. The number of rotatable bonds is 9. The minimum absolute atomic E-state index is 0.0587. The summed E-state index contributed by atoms with van der Waals surface area (Å²) in [4.78, 5) is 23.8. The van der Waals surface area contributed by atoms with Gasteiger partial charge >= 0.3 is 0 Å². The van der Waals surface area contributed by atoms with Gasteiger partial charge in [-0.05, 0) is 54.7 Å². The van der Waals surface area contributed by atoms with E-state index in [1.165, 1.54) is 5.56 Å². The standard InChI is InChI=1S/C23H29NO3/c1-5-22(25)20-10-12-21(13-11-20)27-15-23(26)24-17(4)19-8-6-18(7-9-19)14-16(2)3/h6-13,16-17H,5,14-15H2,1-4H3,(H,24,26)/t17-/m0/s1. The third-order valence-corrected chi connectivity index (χ3v) is 4.37. The molecule has 0 bridgehead atoms. The van der Waals surface area contributed by atoms with E-state index in [1.54, 1.807) is 24.3 Å². The minimum atomic E-state index is -0.178. The van der Waals surface area contributed by atoms with E-state index < -0.39 is 0 Å². The van der Waals surface area contributed by atoms with E-state index in [2.05, 4.69) is 43.4 Å². The van der Waals surface area contributed by atoms with Crippen LogP contribution in [0.1, 0.15) is 61.6 Å². The van der Waals surface area contributed by atoms with E-state index in [-0.39, 0.29) is 24.3 Å². The number of carbonyl (C=O) groups excluding carboxylic acids is 2. The van der Waals surface area contributed by atoms with E-state index >= 15 is 0 Å². The maximum Gasteiger partial charge on any atom is 0.258 e. The zero-order valence-electron chi connectivity index (χ0n) is 16.6. The van der Waals surface area contributed by atoms with Crippen LogP contribution in [-0.4, -0.2) is 18.3 Å². The first-order valence-electron chi connectivity index (χ1n) is 9.53. The lowest BCUT2D eigenvalue weighted by atomic mass is 10.00. The second-order valence-electron chi connectivity index (χ2n) is 7.22. The fourth-order valence-electron chi connectivity index (χ4n) is 2.87. The molecule has 2 aromatic carbocycles. The minimum Gasteiger partial charge on any atom is -0.484 e. The van der Waals surface area contributed by atoms with Crippen LogP contribution in [0.3, 0.4) is 0 Å². The smallest absolute Gasteiger partial charge is 0.258 e. The van der Waals surface area contributed by atoms with Crippen LogP contribution in [0.4, 0.5) is 0 Å². The molecule has 0 aromatic heterocycles. The van der Waals surface area contributed by atoms with Crippen molar-refractivity contribution in [2.24, 2.45) is 5.92 Å². The number of hydrogen-bond acceptors (Lipinski definition) is 3. The third kappa shape index (κ3) is 6.55. The molecule has 2 rings (SSSR count). The molecule has 2 aromatic rings. The van der Waals surface area contributed by atoms with Crippen LogP contribution < -0.4 is 10.1 Å². The summed E-state index contributed by atoms with van der Waals surface area (Å²) in [6.45, 7) is 8.13. The molecule has 1 atom stereocenters. The molecule has 1 N–H and O–H groups in total. The predicted molar refractivity (Wildman–Crippen MR) is 108 cm³/mol. The SMILES string of the molecule is CCC(=O)c1ccc(OCC(=O)N[C@@H](C)c2ccc(CC(C)C)cc2)cc1. The lowest BCUT2D eigenvalue weighted by molar-refractivity contribution is -0.123. The average molecular weight is 367 g/mol. The van der Waals surface area contributed by atoms with E-state index in [4.69, 9.17) is 4.74 Å². The van der Waals surface area contributed by atoms with Crippen LogP contribution in [-0.2, 0) is 11.2 Å². The van der Waals surface area contributed by atoms with Crippen molar-refractivity contribution in [1.29, 1.82) is 0 Å². The van der Waals surface area contributed by atoms with Crippen molar-refractivity contribution in [2.45, 2.75) is 46.6 Å². The van der Waals surface area contributed by atoms with Gasteiger partial charge in [0.25, 0.3) is 5.91 Å². The molecular weight excluding hydrogens is 338 g/mol. The van der Waals surface area contributed by atoms with Crippen molar-refractivity contribution in [3.63, 3.8) is 0 Å². The van der Waals surface area contributed by atoms with Crippen LogP contribution in [0.5, 0.6) is 5.75 Å².